The van der Waals surface area contributed by atoms with E-state index in [1.54, 1.807) is 0 Å². The van der Waals surface area contributed by atoms with E-state index < -0.39 is 41.7 Å². The zero-order chi connectivity index (χ0) is 24.6. The lowest BCUT2D eigenvalue weighted by atomic mass is 9.98. The largest absolute Gasteiger partial charge is 0.573 e. The molecule has 0 aromatic heterocycles. The van der Waals surface area contributed by atoms with Gasteiger partial charge in [-0.2, -0.15) is 0 Å². The number of halogens is 7. The van der Waals surface area contributed by atoms with Gasteiger partial charge in [0.15, 0.2) is 17.9 Å². The number of rotatable bonds is 4. The van der Waals surface area contributed by atoms with Crippen molar-refractivity contribution in [2.24, 2.45) is 5.73 Å². The number of ether oxygens (including phenoxy) is 3. The fraction of sp³-hybridized carbons (Fsp3) is 0.217. The third-order valence-electron chi connectivity index (χ3n) is 5.00. The molecular weight excluding hydrogens is 471 g/mol. The van der Waals surface area contributed by atoms with Gasteiger partial charge in [0.1, 0.15) is 11.6 Å². The summed E-state index contributed by atoms with van der Waals surface area (Å²) in [6.07, 6.45) is -6.10. The molecule has 180 valence electrons. The predicted molar refractivity (Wildman–Crippen MR) is 106 cm³/mol. The predicted octanol–water partition coefficient (Wildman–Crippen LogP) is 5.85. The van der Waals surface area contributed by atoms with E-state index in [1.165, 1.54) is 24.3 Å². The Bertz CT molecular complexity index is 1180. The molecule has 0 unspecified atom stereocenters. The van der Waals surface area contributed by atoms with Gasteiger partial charge in [-0.1, -0.05) is 24.3 Å². The summed E-state index contributed by atoms with van der Waals surface area (Å²) in [6, 6.07) is 8.21. The van der Waals surface area contributed by atoms with E-state index in [2.05, 4.69) is 4.74 Å². The Morgan fingerprint density at radius 3 is 1.82 bits per heavy atom. The maximum atomic E-state index is 14.8. The summed E-state index contributed by atoms with van der Waals surface area (Å²) in [5, 5.41) is 0. The van der Waals surface area contributed by atoms with Crippen molar-refractivity contribution < 1.29 is 44.9 Å². The van der Waals surface area contributed by atoms with Crippen molar-refractivity contribution >= 4 is 0 Å². The lowest BCUT2D eigenvalue weighted by Gasteiger charge is -2.27. The highest BCUT2D eigenvalue weighted by Crippen LogP contribution is 2.35. The van der Waals surface area contributed by atoms with Crippen LogP contribution in [0.4, 0.5) is 30.7 Å². The Balaban J connectivity index is 1.60. The monoisotopic (exact) mass is 487 g/mol. The van der Waals surface area contributed by atoms with Crippen LogP contribution in [0.2, 0.25) is 0 Å². The minimum Gasteiger partial charge on any atom is -0.399 e. The molecule has 0 saturated carbocycles. The number of hydrogen-bond donors (Lipinski definition) is 1. The van der Waals surface area contributed by atoms with Gasteiger partial charge < -0.3 is 19.9 Å². The number of nitrogens with two attached hydrogens (primary N) is 1. The lowest BCUT2D eigenvalue weighted by molar-refractivity contribution is -0.276. The molecule has 0 spiro atoms. The third-order valence-corrected chi connectivity index (χ3v) is 5.00. The van der Waals surface area contributed by atoms with Crippen molar-refractivity contribution in [3.8, 4) is 28.0 Å². The normalized spacial score (nSPS) is 18.7. The molecule has 0 bridgehead atoms. The van der Waals surface area contributed by atoms with E-state index in [0.29, 0.717) is 17.7 Å². The van der Waals surface area contributed by atoms with Gasteiger partial charge in [-0.05, 0) is 35.4 Å². The second-order valence-corrected chi connectivity index (χ2v) is 7.51. The molecule has 1 aliphatic heterocycles. The molecule has 4 rings (SSSR count). The second-order valence-electron chi connectivity index (χ2n) is 7.51. The molecule has 3 aromatic rings. The van der Waals surface area contributed by atoms with E-state index >= 15 is 0 Å². The summed E-state index contributed by atoms with van der Waals surface area (Å²) in [6.45, 7) is 0.483. The first-order valence-electron chi connectivity index (χ1n) is 9.85. The van der Waals surface area contributed by atoms with Gasteiger partial charge >= 0.3 is 6.36 Å². The van der Waals surface area contributed by atoms with Gasteiger partial charge in [0, 0.05) is 16.7 Å². The smallest absolute Gasteiger partial charge is 0.399 e. The Hall–Kier alpha value is -3.15. The maximum absolute atomic E-state index is 14.8. The Kier molecular flexibility index (Phi) is 6.52. The molecule has 1 saturated heterocycles. The van der Waals surface area contributed by atoms with Crippen LogP contribution < -0.4 is 10.5 Å². The van der Waals surface area contributed by atoms with Crippen LogP contribution in [0.15, 0.2) is 48.5 Å². The molecule has 1 fully saturated rings. The van der Waals surface area contributed by atoms with Crippen molar-refractivity contribution in [1.29, 1.82) is 0 Å². The maximum Gasteiger partial charge on any atom is 0.573 e. The molecule has 2 N–H and O–H groups in total. The van der Waals surface area contributed by atoms with Crippen LogP contribution in [0.3, 0.4) is 0 Å². The molecule has 3 aromatic carbocycles. The average molecular weight is 487 g/mol. The molecule has 0 aliphatic carbocycles. The van der Waals surface area contributed by atoms with Crippen molar-refractivity contribution in [3.05, 3.63) is 77.4 Å². The zero-order valence-corrected chi connectivity index (χ0v) is 17.1. The van der Waals surface area contributed by atoms with Crippen molar-refractivity contribution in [1.82, 2.24) is 0 Å². The first-order chi connectivity index (χ1) is 16.0. The molecule has 0 radical (unpaired) electrons. The molecule has 1 heterocycles. The summed E-state index contributed by atoms with van der Waals surface area (Å²) >= 11 is 0. The number of alkyl halides is 3. The molecular formula is C23H16F7NO3. The van der Waals surface area contributed by atoms with Gasteiger partial charge in [-0.25, -0.2) is 17.6 Å². The molecule has 11 heteroatoms. The van der Waals surface area contributed by atoms with E-state index in [0.717, 1.165) is 12.1 Å². The fourth-order valence-electron chi connectivity index (χ4n) is 3.47. The highest BCUT2D eigenvalue weighted by atomic mass is 19.4. The Morgan fingerprint density at radius 1 is 0.735 bits per heavy atom. The fourth-order valence-corrected chi connectivity index (χ4v) is 3.47. The Labute approximate surface area is 188 Å². The van der Waals surface area contributed by atoms with Crippen LogP contribution in [0.25, 0.3) is 22.3 Å². The summed E-state index contributed by atoms with van der Waals surface area (Å²) in [4.78, 5) is 0. The van der Waals surface area contributed by atoms with Gasteiger partial charge in [0.05, 0.1) is 19.3 Å². The molecule has 4 nitrogen and oxygen atoms in total. The standard InChI is InChI=1S/C23H16F7NO3/c24-17-5-11(15-4-2-12(6-18(15)25)22-32-9-14(31)10-33-22)1-3-16(17)13-7-19(26)21(20(27)8-13)34-23(28,29)30/h1-8,14,22H,9-10,31H2. The quantitative estimate of drug-likeness (QED) is 0.470. The van der Waals surface area contributed by atoms with E-state index in [1.807, 2.05) is 0 Å². The first-order valence-corrected chi connectivity index (χ1v) is 9.85. The first kappa shape index (κ1) is 24.0. The summed E-state index contributed by atoms with van der Waals surface area (Å²) in [5.41, 5.74) is 5.55. The Morgan fingerprint density at radius 2 is 1.26 bits per heavy atom. The minimum atomic E-state index is -5.31. The van der Waals surface area contributed by atoms with Crippen LogP contribution in [0.5, 0.6) is 5.75 Å². The topological polar surface area (TPSA) is 53.7 Å². The summed E-state index contributed by atoms with van der Waals surface area (Å²) in [7, 11) is 0. The van der Waals surface area contributed by atoms with Crippen molar-refractivity contribution in [3.63, 3.8) is 0 Å². The molecule has 0 atom stereocenters. The highest BCUT2D eigenvalue weighted by molar-refractivity contribution is 5.72. The van der Waals surface area contributed by atoms with Crippen LogP contribution in [0.1, 0.15) is 11.9 Å². The van der Waals surface area contributed by atoms with Gasteiger partial charge in [0.25, 0.3) is 0 Å². The van der Waals surface area contributed by atoms with Gasteiger partial charge in [-0.3, -0.25) is 0 Å². The minimum absolute atomic E-state index is 0.0352. The molecule has 0 amide bonds. The van der Waals surface area contributed by atoms with Crippen LogP contribution in [-0.4, -0.2) is 25.6 Å². The molecule has 34 heavy (non-hydrogen) atoms. The van der Waals surface area contributed by atoms with E-state index in [4.69, 9.17) is 15.2 Å². The third kappa shape index (κ3) is 5.16. The number of hydrogen-bond acceptors (Lipinski definition) is 4. The van der Waals surface area contributed by atoms with Crippen LogP contribution in [-0.2, 0) is 9.47 Å². The second kappa shape index (κ2) is 9.24. The highest BCUT2D eigenvalue weighted by Gasteiger charge is 2.34. The van der Waals surface area contributed by atoms with Crippen molar-refractivity contribution in [2.45, 2.75) is 18.7 Å². The van der Waals surface area contributed by atoms with Gasteiger partial charge in [-0.15, -0.1) is 13.2 Å². The van der Waals surface area contributed by atoms with Crippen LogP contribution >= 0.6 is 0 Å². The van der Waals surface area contributed by atoms with E-state index in [9.17, 15) is 30.7 Å². The van der Waals surface area contributed by atoms with Crippen molar-refractivity contribution in [2.75, 3.05) is 13.2 Å². The van der Waals surface area contributed by atoms with E-state index in [-0.39, 0.29) is 41.5 Å². The average Bonchev–Trinajstić information content (AvgIpc) is 2.76. The van der Waals surface area contributed by atoms with Crippen LogP contribution in [0, 0.1) is 23.3 Å². The number of benzene rings is 3. The summed E-state index contributed by atoms with van der Waals surface area (Å²) in [5.74, 6) is -6.64. The zero-order valence-electron chi connectivity index (χ0n) is 17.1. The lowest BCUT2D eigenvalue weighted by Crippen LogP contribution is -2.37. The SMILES string of the molecule is NC1COC(c2ccc(-c3ccc(-c4cc(F)c(OC(F)(F)F)c(F)c4)c(F)c3)c(F)c2)OC1. The molecule has 1 aliphatic rings. The summed E-state index contributed by atoms with van der Waals surface area (Å²) < 4.78 is 109. The van der Waals surface area contributed by atoms with Gasteiger partial charge in [0.2, 0.25) is 5.75 Å².